The summed E-state index contributed by atoms with van der Waals surface area (Å²) in [4.78, 5) is 15.1. The van der Waals surface area contributed by atoms with Gasteiger partial charge in [-0.25, -0.2) is 0 Å². The van der Waals surface area contributed by atoms with Crippen LogP contribution in [0.15, 0.2) is 53.5 Å². The third-order valence-electron chi connectivity index (χ3n) is 3.23. The summed E-state index contributed by atoms with van der Waals surface area (Å²) in [5, 5.41) is 14.2. The van der Waals surface area contributed by atoms with Crippen molar-refractivity contribution in [1.82, 2.24) is 0 Å². The smallest absolute Gasteiger partial charge is 0.270 e. The molecule has 3 rings (SSSR count). The molecule has 2 aromatic carbocycles. The minimum absolute atomic E-state index is 0.0932. The molecule has 100 valence electrons. The number of nitrogens with zero attached hydrogens (tertiary/aromatic N) is 2. The number of rotatable bonds is 2. The Morgan fingerprint density at radius 2 is 2.00 bits per heavy atom. The van der Waals surface area contributed by atoms with Gasteiger partial charge in [-0.1, -0.05) is 24.3 Å². The number of fused-ring (bicyclic) bond motifs is 1. The van der Waals surface area contributed by atoms with Crippen molar-refractivity contribution in [2.45, 2.75) is 6.42 Å². The number of non-ortho nitro benzene ring substituents is 1. The number of anilines is 1. The predicted molar refractivity (Wildman–Crippen MR) is 78.8 cm³/mol. The molecule has 0 radical (unpaired) electrons. The molecule has 5 heteroatoms. The molecular formula is C15H13N3O2. The normalized spacial score (nSPS) is 13.7. The van der Waals surface area contributed by atoms with Crippen LogP contribution < -0.4 is 5.32 Å². The lowest BCUT2D eigenvalue weighted by Gasteiger charge is -2.03. The molecule has 0 bridgehead atoms. The van der Waals surface area contributed by atoms with Gasteiger partial charge in [-0.05, 0) is 12.1 Å². The summed E-state index contributed by atoms with van der Waals surface area (Å²) < 4.78 is 0. The summed E-state index contributed by atoms with van der Waals surface area (Å²) in [5.74, 6) is 0. The van der Waals surface area contributed by atoms with Crippen LogP contribution in [0, 0.1) is 10.1 Å². The van der Waals surface area contributed by atoms with Crippen molar-refractivity contribution in [2.75, 3.05) is 11.9 Å². The molecule has 0 unspecified atom stereocenters. The molecule has 20 heavy (non-hydrogen) atoms. The number of benzene rings is 2. The van der Waals surface area contributed by atoms with Crippen LogP contribution >= 0.6 is 0 Å². The number of nitro benzene ring substituents is 1. The Kier molecular flexibility index (Phi) is 3.16. The minimum Gasteiger partial charge on any atom is -0.383 e. The number of nitro groups is 1. The van der Waals surface area contributed by atoms with E-state index in [0.29, 0.717) is 0 Å². The summed E-state index contributed by atoms with van der Waals surface area (Å²) in [6.07, 6.45) is 0.732. The number of hydrogen-bond donors (Lipinski definition) is 1. The molecule has 1 N–H and O–H groups in total. The highest BCUT2D eigenvalue weighted by Crippen LogP contribution is 2.28. The quantitative estimate of drug-likeness (QED) is 0.668. The summed E-state index contributed by atoms with van der Waals surface area (Å²) in [7, 11) is 0. The van der Waals surface area contributed by atoms with Crippen LogP contribution in [0.4, 0.5) is 17.1 Å². The molecule has 0 fully saturated rings. The molecule has 0 aliphatic carbocycles. The van der Waals surface area contributed by atoms with Crippen LogP contribution in [-0.4, -0.2) is 17.2 Å². The van der Waals surface area contributed by atoms with Gasteiger partial charge in [0, 0.05) is 30.7 Å². The largest absolute Gasteiger partial charge is 0.383 e. The summed E-state index contributed by atoms with van der Waals surface area (Å²) >= 11 is 0. The molecule has 0 aromatic heterocycles. The van der Waals surface area contributed by atoms with Gasteiger partial charge in [0.05, 0.1) is 22.0 Å². The first-order valence-corrected chi connectivity index (χ1v) is 6.39. The van der Waals surface area contributed by atoms with Gasteiger partial charge in [0.25, 0.3) is 5.69 Å². The fraction of sp³-hybridized carbons (Fsp3) is 0.133. The molecule has 0 saturated carbocycles. The van der Waals surface area contributed by atoms with E-state index in [-0.39, 0.29) is 10.6 Å². The van der Waals surface area contributed by atoms with Gasteiger partial charge in [0.1, 0.15) is 0 Å². The zero-order valence-electron chi connectivity index (χ0n) is 10.7. The van der Waals surface area contributed by atoms with Crippen molar-refractivity contribution in [2.24, 2.45) is 4.99 Å². The number of hydrogen-bond acceptors (Lipinski definition) is 4. The van der Waals surface area contributed by atoms with Crippen LogP contribution in [0.3, 0.4) is 0 Å². The maximum atomic E-state index is 10.9. The fourth-order valence-corrected chi connectivity index (χ4v) is 2.25. The third kappa shape index (κ3) is 2.38. The van der Waals surface area contributed by atoms with E-state index in [2.05, 4.69) is 10.3 Å². The number of aliphatic imine (C=N–C) groups is 1. The zero-order valence-corrected chi connectivity index (χ0v) is 10.7. The monoisotopic (exact) mass is 267 g/mol. The fourth-order valence-electron chi connectivity index (χ4n) is 2.25. The molecule has 0 atom stereocenters. The minimum atomic E-state index is -0.382. The molecule has 5 nitrogen and oxygen atoms in total. The van der Waals surface area contributed by atoms with E-state index < -0.39 is 0 Å². The van der Waals surface area contributed by atoms with Crippen LogP contribution in [0.5, 0.6) is 0 Å². The topological polar surface area (TPSA) is 67.5 Å². The third-order valence-corrected chi connectivity index (χ3v) is 3.23. The first-order valence-electron chi connectivity index (χ1n) is 6.39. The summed E-state index contributed by atoms with van der Waals surface area (Å²) in [6, 6.07) is 14.4. The van der Waals surface area contributed by atoms with Crippen molar-refractivity contribution in [1.29, 1.82) is 0 Å². The maximum absolute atomic E-state index is 10.9. The van der Waals surface area contributed by atoms with E-state index in [0.717, 1.165) is 35.6 Å². The van der Waals surface area contributed by atoms with Crippen LogP contribution in [-0.2, 0) is 0 Å². The van der Waals surface area contributed by atoms with Gasteiger partial charge in [0.15, 0.2) is 0 Å². The van der Waals surface area contributed by atoms with E-state index >= 15 is 0 Å². The second-order valence-corrected chi connectivity index (χ2v) is 4.56. The van der Waals surface area contributed by atoms with E-state index in [1.165, 1.54) is 6.07 Å². The van der Waals surface area contributed by atoms with Gasteiger partial charge in [-0.3, -0.25) is 15.1 Å². The predicted octanol–water partition coefficient (Wildman–Crippen LogP) is 3.53. The van der Waals surface area contributed by atoms with Crippen molar-refractivity contribution in [3.05, 3.63) is 64.2 Å². The molecule has 0 saturated heterocycles. The van der Waals surface area contributed by atoms with Gasteiger partial charge in [-0.2, -0.15) is 0 Å². The molecule has 1 heterocycles. The Morgan fingerprint density at radius 1 is 1.15 bits per heavy atom. The SMILES string of the molecule is O=[N+]([O-])c1cccc(C2=Nc3ccccc3NCC2)c1. The van der Waals surface area contributed by atoms with Crippen molar-refractivity contribution >= 4 is 22.8 Å². The van der Waals surface area contributed by atoms with E-state index in [4.69, 9.17) is 0 Å². The second-order valence-electron chi connectivity index (χ2n) is 4.56. The van der Waals surface area contributed by atoms with Crippen molar-refractivity contribution in [3.63, 3.8) is 0 Å². The van der Waals surface area contributed by atoms with Gasteiger partial charge >= 0.3 is 0 Å². The molecule has 1 aliphatic heterocycles. The first-order chi connectivity index (χ1) is 9.74. The lowest BCUT2D eigenvalue weighted by atomic mass is 10.1. The standard InChI is InChI=1S/C15H13N3O2/c19-18(20)12-5-3-4-11(10-12)13-8-9-16-14-6-1-2-7-15(14)17-13/h1-7,10,16H,8-9H2. The van der Waals surface area contributed by atoms with Gasteiger partial charge < -0.3 is 5.32 Å². The van der Waals surface area contributed by atoms with Crippen LogP contribution in [0.1, 0.15) is 12.0 Å². The Balaban J connectivity index is 2.04. The molecular weight excluding hydrogens is 254 g/mol. The van der Waals surface area contributed by atoms with E-state index in [1.54, 1.807) is 12.1 Å². The lowest BCUT2D eigenvalue weighted by molar-refractivity contribution is -0.384. The van der Waals surface area contributed by atoms with E-state index in [1.807, 2.05) is 30.3 Å². The van der Waals surface area contributed by atoms with Crippen molar-refractivity contribution < 1.29 is 4.92 Å². The lowest BCUT2D eigenvalue weighted by Crippen LogP contribution is -2.07. The summed E-state index contributed by atoms with van der Waals surface area (Å²) in [5.41, 5.74) is 3.62. The van der Waals surface area contributed by atoms with Gasteiger partial charge in [0.2, 0.25) is 0 Å². The zero-order chi connectivity index (χ0) is 13.9. The Bertz CT molecular complexity index is 695. The molecule has 0 spiro atoms. The van der Waals surface area contributed by atoms with Crippen LogP contribution in [0.25, 0.3) is 0 Å². The number of para-hydroxylation sites is 2. The highest BCUT2D eigenvalue weighted by atomic mass is 16.6. The highest BCUT2D eigenvalue weighted by Gasteiger charge is 2.13. The maximum Gasteiger partial charge on any atom is 0.270 e. The molecule has 2 aromatic rings. The Labute approximate surface area is 116 Å². The van der Waals surface area contributed by atoms with Gasteiger partial charge in [-0.15, -0.1) is 0 Å². The van der Waals surface area contributed by atoms with E-state index in [9.17, 15) is 10.1 Å². The Morgan fingerprint density at radius 3 is 2.85 bits per heavy atom. The number of nitrogens with one attached hydrogen (secondary N) is 1. The van der Waals surface area contributed by atoms with Crippen molar-refractivity contribution in [3.8, 4) is 0 Å². The Hall–Kier alpha value is -2.69. The second kappa shape index (κ2) is 5.13. The average Bonchev–Trinajstić information content (AvgIpc) is 2.69. The highest BCUT2D eigenvalue weighted by molar-refractivity contribution is 6.04. The molecule has 0 amide bonds. The molecule has 1 aliphatic rings. The van der Waals surface area contributed by atoms with Crippen LogP contribution in [0.2, 0.25) is 0 Å². The summed E-state index contributed by atoms with van der Waals surface area (Å²) in [6.45, 7) is 0.762. The average molecular weight is 267 g/mol. The first kappa shape index (κ1) is 12.3.